The predicted octanol–water partition coefficient (Wildman–Crippen LogP) is 3.36. The summed E-state index contributed by atoms with van der Waals surface area (Å²) < 4.78 is -0.474. The lowest BCUT2D eigenvalue weighted by Gasteiger charge is -2.51. The highest BCUT2D eigenvalue weighted by atomic mass is 16.4. The van der Waals surface area contributed by atoms with E-state index >= 15 is 0 Å². The van der Waals surface area contributed by atoms with Crippen LogP contribution in [-0.4, -0.2) is 57.3 Å². The summed E-state index contributed by atoms with van der Waals surface area (Å²) >= 11 is 0. The number of carboxylic acids is 3. The number of nitrogens with zero attached hydrogens (tertiary/aromatic N) is 1. The molecule has 0 spiro atoms. The zero-order chi connectivity index (χ0) is 23.2. The number of quaternary nitrogens is 1. The summed E-state index contributed by atoms with van der Waals surface area (Å²) in [6.45, 7) is 7.21. The van der Waals surface area contributed by atoms with Crippen molar-refractivity contribution in [2.75, 3.05) is 6.54 Å². The number of aliphatic carboxylic acids is 3. The van der Waals surface area contributed by atoms with Crippen molar-refractivity contribution in [3.63, 3.8) is 0 Å². The number of allylic oxidation sites excluding steroid dienone is 2. The number of carbonyl (C=O) groups excluding carboxylic acids is 1. The molecule has 0 aromatic carbocycles. The summed E-state index contributed by atoms with van der Waals surface area (Å²) in [4.78, 5) is 36.2. The van der Waals surface area contributed by atoms with Gasteiger partial charge >= 0.3 is 11.9 Å². The van der Waals surface area contributed by atoms with Gasteiger partial charge in [0.05, 0.1) is 12.5 Å². The van der Waals surface area contributed by atoms with Crippen molar-refractivity contribution in [2.45, 2.75) is 110 Å². The van der Waals surface area contributed by atoms with Crippen LogP contribution in [0.5, 0.6) is 0 Å². The van der Waals surface area contributed by atoms with Gasteiger partial charge in [-0.1, -0.05) is 52.2 Å². The van der Waals surface area contributed by atoms with Crippen molar-refractivity contribution >= 4 is 17.9 Å². The molecule has 30 heavy (non-hydrogen) atoms. The standard InChI is InChI=1S/C23H41NO6/c1-5-9-10-11-12-13-14-15-16-17-24(18(6-2)21(25)26,19(7-3)22(27)28)20(8-4)23(29)30/h5,9,18-20H,6-8,10-17H2,1-4H3,(H2-,25,26,27,28,29,30)/b9-5+. The van der Waals surface area contributed by atoms with E-state index in [0.717, 1.165) is 38.5 Å². The Morgan fingerprint density at radius 1 is 0.800 bits per heavy atom. The number of hydrogen-bond acceptors (Lipinski definition) is 4. The molecule has 174 valence electrons. The minimum atomic E-state index is -1.37. The highest BCUT2D eigenvalue weighted by molar-refractivity contribution is 5.77. The van der Waals surface area contributed by atoms with Gasteiger partial charge in [0.15, 0.2) is 12.1 Å². The molecule has 0 heterocycles. The van der Waals surface area contributed by atoms with Gasteiger partial charge in [-0.05, 0) is 32.6 Å². The first kappa shape index (κ1) is 28.1. The summed E-state index contributed by atoms with van der Waals surface area (Å²) in [6, 6.07) is -3.38. The van der Waals surface area contributed by atoms with Crippen LogP contribution in [0.1, 0.15) is 91.9 Å². The lowest BCUT2D eigenvalue weighted by molar-refractivity contribution is -0.974. The van der Waals surface area contributed by atoms with Crippen LogP contribution >= 0.6 is 0 Å². The van der Waals surface area contributed by atoms with Crippen LogP contribution in [0, 0.1) is 0 Å². The second-order valence-electron chi connectivity index (χ2n) is 7.97. The summed E-state index contributed by atoms with van der Waals surface area (Å²) in [5, 5.41) is 31.8. The molecule has 0 rings (SSSR count). The zero-order valence-electron chi connectivity index (χ0n) is 19.1. The molecule has 0 aromatic rings. The van der Waals surface area contributed by atoms with Gasteiger partial charge in [-0.15, -0.1) is 0 Å². The molecule has 3 atom stereocenters. The molecule has 0 aliphatic carbocycles. The molecule has 7 heteroatoms. The largest absolute Gasteiger partial charge is 0.544 e. The minimum absolute atomic E-state index is 0.126. The molecule has 0 aliphatic rings. The van der Waals surface area contributed by atoms with Crippen molar-refractivity contribution in [2.24, 2.45) is 0 Å². The highest BCUT2D eigenvalue weighted by Gasteiger charge is 2.53. The maximum atomic E-state index is 12.1. The van der Waals surface area contributed by atoms with E-state index in [0.29, 0.717) is 6.42 Å². The van der Waals surface area contributed by atoms with Crippen LogP contribution in [0.2, 0.25) is 0 Å². The topological polar surface area (TPSA) is 115 Å². The van der Waals surface area contributed by atoms with Crippen LogP contribution in [0.15, 0.2) is 12.2 Å². The van der Waals surface area contributed by atoms with E-state index in [4.69, 9.17) is 0 Å². The molecule has 0 aliphatic heterocycles. The smallest absolute Gasteiger partial charge is 0.362 e. The predicted molar refractivity (Wildman–Crippen MR) is 115 cm³/mol. The molecule has 0 amide bonds. The fraction of sp³-hybridized carbons (Fsp3) is 0.783. The third-order valence-electron chi connectivity index (χ3n) is 6.15. The number of rotatable bonds is 18. The minimum Gasteiger partial charge on any atom is -0.544 e. The van der Waals surface area contributed by atoms with Gasteiger partial charge < -0.3 is 20.1 Å². The van der Waals surface area contributed by atoms with E-state index in [2.05, 4.69) is 6.08 Å². The van der Waals surface area contributed by atoms with Crippen LogP contribution in [0.3, 0.4) is 0 Å². The first-order valence-corrected chi connectivity index (χ1v) is 11.4. The molecule has 0 bridgehead atoms. The Morgan fingerprint density at radius 3 is 1.60 bits per heavy atom. The average Bonchev–Trinajstić information content (AvgIpc) is 2.67. The molecule has 2 N–H and O–H groups in total. The second kappa shape index (κ2) is 15.0. The van der Waals surface area contributed by atoms with Gasteiger partial charge in [0.1, 0.15) is 6.04 Å². The first-order chi connectivity index (χ1) is 14.2. The van der Waals surface area contributed by atoms with Crippen LogP contribution < -0.4 is 5.11 Å². The van der Waals surface area contributed by atoms with E-state index in [1.54, 1.807) is 20.8 Å². The summed E-state index contributed by atoms with van der Waals surface area (Å²) in [5.74, 6) is -3.68. The molecule has 0 radical (unpaired) electrons. The van der Waals surface area contributed by atoms with Gasteiger partial charge in [0, 0.05) is 19.3 Å². The van der Waals surface area contributed by atoms with E-state index < -0.39 is 40.5 Å². The third-order valence-corrected chi connectivity index (χ3v) is 6.15. The fourth-order valence-electron chi connectivity index (χ4n) is 4.78. The number of hydrogen-bond donors (Lipinski definition) is 2. The van der Waals surface area contributed by atoms with Crippen molar-refractivity contribution in [3.8, 4) is 0 Å². The SMILES string of the molecule is C/C=C/CCCCCCCC[N+](C(CC)C(=O)[O-])(C(CC)C(=O)O)C(CC)C(=O)O. The Labute approximate surface area is 181 Å². The first-order valence-electron chi connectivity index (χ1n) is 11.4. The van der Waals surface area contributed by atoms with Gasteiger partial charge in [-0.2, -0.15) is 0 Å². The van der Waals surface area contributed by atoms with Gasteiger partial charge in [-0.25, -0.2) is 9.59 Å². The normalized spacial score (nSPS) is 16.7. The van der Waals surface area contributed by atoms with Crippen molar-refractivity contribution in [1.82, 2.24) is 0 Å². The zero-order valence-corrected chi connectivity index (χ0v) is 19.1. The van der Waals surface area contributed by atoms with E-state index in [1.807, 2.05) is 13.0 Å². The quantitative estimate of drug-likeness (QED) is 0.197. The van der Waals surface area contributed by atoms with Crippen molar-refractivity contribution < 1.29 is 34.2 Å². The molecule has 0 aromatic heterocycles. The maximum absolute atomic E-state index is 12.1. The molecule has 7 nitrogen and oxygen atoms in total. The van der Waals surface area contributed by atoms with Crippen LogP contribution in [0.4, 0.5) is 0 Å². The van der Waals surface area contributed by atoms with E-state index in [-0.39, 0.29) is 25.8 Å². The maximum Gasteiger partial charge on any atom is 0.362 e. The van der Waals surface area contributed by atoms with E-state index in [1.165, 1.54) is 0 Å². The lowest BCUT2D eigenvalue weighted by Crippen LogP contribution is -2.73. The monoisotopic (exact) mass is 427 g/mol. The summed E-state index contributed by atoms with van der Waals surface area (Å²) in [5.41, 5.74) is 0. The van der Waals surface area contributed by atoms with E-state index in [9.17, 15) is 29.7 Å². The van der Waals surface area contributed by atoms with Crippen molar-refractivity contribution in [3.05, 3.63) is 12.2 Å². The van der Waals surface area contributed by atoms with Crippen LogP contribution in [-0.2, 0) is 14.4 Å². The van der Waals surface area contributed by atoms with Crippen molar-refractivity contribution in [1.29, 1.82) is 0 Å². The highest BCUT2D eigenvalue weighted by Crippen LogP contribution is 2.32. The third kappa shape index (κ3) is 7.74. The summed E-state index contributed by atoms with van der Waals surface area (Å²) in [6.07, 6.45) is 11.4. The van der Waals surface area contributed by atoms with Crippen LogP contribution in [0.25, 0.3) is 0 Å². The number of carboxylic acid groups (broad SMARTS) is 3. The fourth-order valence-corrected chi connectivity index (χ4v) is 4.78. The Hall–Kier alpha value is -1.89. The molecular formula is C23H41NO6. The molecular weight excluding hydrogens is 386 g/mol. The average molecular weight is 428 g/mol. The molecule has 0 saturated heterocycles. The lowest BCUT2D eigenvalue weighted by atomic mass is 9.93. The Kier molecular flexibility index (Phi) is 14.0. The molecule has 0 saturated carbocycles. The molecule has 0 fully saturated rings. The Bertz CT molecular complexity index is 505. The number of carbonyl (C=O) groups is 3. The Morgan fingerprint density at radius 2 is 1.23 bits per heavy atom. The number of unbranched alkanes of at least 4 members (excludes halogenated alkanes) is 6. The second-order valence-corrected chi connectivity index (χ2v) is 7.97. The van der Waals surface area contributed by atoms with Gasteiger partial charge in [0.25, 0.3) is 0 Å². The molecule has 3 unspecified atom stereocenters. The Balaban J connectivity index is 5.60. The van der Waals surface area contributed by atoms with Gasteiger partial charge in [-0.3, -0.25) is 4.48 Å². The van der Waals surface area contributed by atoms with Gasteiger partial charge in [0.2, 0.25) is 0 Å². The summed E-state index contributed by atoms with van der Waals surface area (Å²) in [7, 11) is 0.